The summed E-state index contributed by atoms with van der Waals surface area (Å²) in [6.45, 7) is 9.32. The van der Waals surface area contributed by atoms with Crippen LogP contribution in [0.15, 0.2) is 0 Å². The molecule has 0 saturated heterocycles. The van der Waals surface area contributed by atoms with Crippen molar-refractivity contribution in [3.05, 3.63) is 0 Å². The first-order valence-electron chi connectivity index (χ1n) is 6.67. The molecule has 5 nitrogen and oxygen atoms in total. The van der Waals surface area contributed by atoms with Crippen molar-refractivity contribution in [2.75, 3.05) is 6.61 Å². The first-order valence-corrected chi connectivity index (χ1v) is 8.77. The number of aliphatic hydroxyl groups is 1. The fourth-order valence-corrected chi connectivity index (χ4v) is 1.86. The summed E-state index contributed by atoms with van der Waals surface area (Å²) >= 11 is 10.9. The normalized spacial score (nSPS) is 17.1. The zero-order valence-electron chi connectivity index (χ0n) is 12.8. The van der Waals surface area contributed by atoms with Crippen molar-refractivity contribution >= 4 is 31.5 Å². The SMILES string of the molecule is CC(C)Cl.CCC(O)OC(CC)O[PH](=O)OCC(C)Cl. The van der Waals surface area contributed by atoms with Gasteiger partial charge in [-0.25, -0.2) is 0 Å². The summed E-state index contributed by atoms with van der Waals surface area (Å²) in [6.07, 6.45) is -0.702. The van der Waals surface area contributed by atoms with Gasteiger partial charge >= 0.3 is 8.25 Å². The van der Waals surface area contributed by atoms with Crippen LogP contribution in [0.4, 0.5) is 0 Å². The molecule has 0 bridgehead atoms. The molecule has 1 N–H and O–H groups in total. The minimum Gasteiger partial charge on any atom is -0.368 e. The van der Waals surface area contributed by atoms with Gasteiger partial charge in [0, 0.05) is 5.38 Å². The van der Waals surface area contributed by atoms with E-state index in [0.29, 0.717) is 18.2 Å². The third kappa shape index (κ3) is 18.7. The van der Waals surface area contributed by atoms with Gasteiger partial charge < -0.3 is 14.4 Å². The number of alkyl halides is 2. The van der Waals surface area contributed by atoms with E-state index in [1.165, 1.54) is 0 Å². The zero-order valence-corrected chi connectivity index (χ0v) is 15.3. The van der Waals surface area contributed by atoms with E-state index >= 15 is 0 Å². The van der Waals surface area contributed by atoms with Crippen molar-refractivity contribution in [1.29, 1.82) is 0 Å². The Balaban J connectivity index is 0. The van der Waals surface area contributed by atoms with Gasteiger partial charge in [0.05, 0.1) is 12.0 Å². The smallest absolute Gasteiger partial charge is 0.321 e. The molecule has 8 heteroatoms. The molecule has 124 valence electrons. The Morgan fingerprint density at radius 1 is 1.15 bits per heavy atom. The van der Waals surface area contributed by atoms with Gasteiger partial charge in [0.15, 0.2) is 12.6 Å². The summed E-state index contributed by atoms with van der Waals surface area (Å²) in [5.41, 5.74) is 0. The molecule has 0 radical (unpaired) electrons. The van der Waals surface area contributed by atoms with Crippen molar-refractivity contribution in [3.8, 4) is 0 Å². The van der Waals surface area contributed by atoms with Crippen molar-refractivity contribution < 1.29 is 23.5 Å². The molecule has 0 aliphatic rings. The van der Waals surface area contributed by atoms with Crippen LogP contribution in [0.2, 0.25) is 0 Å². The van der Waals surface area contributed by atoms with E-state index in [1.807, 2.05) is 13.8 Å². The van der Waals surface area contributed by atoms with Crippen molar-refractivity contribution in [2.45, 2.75) is 70.8 Å². The summed E-state index contributed by atoms with van der Waals surface area (Å²) in [6, 6.07) is 0. The summed E-state index contributed by atoms with van der Waals surface area (Å²) in [5, 5.41) is 9.32. The number of rotatable bonds is 9. The molecule has 0 amide bonds. The zero-order chi connectivity index (χ0) is 16.1. The Kier molecular flexibility index (Phi) is 16.7. The number of halogens is 2. The van der Waals surface area contributed by atoms with E-state index in [4.69, 9.17) is 37.0 Å². The molecular formula is C12H27Cl2O5P. The fourth-order valence-electron chi connectivity index (χ4n) is 0.803. The lowest BCUT2D eigenvalue weighted by Gasteiger charge is -2.19. The maximum absolute atomic E-state index is 11.3. The molecule has 0 spiro atoms. The van der Waals surface area contributed by atoms with E-state index in [2.05, 4.69) is 0 Å². The van der Waals surface area contributed by atoms with Crippen LogP contribution in [0, 0.1) is 0 Å². The van der Waals surface area contributed by atoms with E-state index in [0.717, 1.165) is 0 Å². The van der Waals surface area contributed by atoms with Gasteiger partial charge in [0.1, 0.15) is 0 Å². The fraction of sp³-hybridized carbons (Fsp3) is 1.00. The molecule has 4 unspecified atom stereocenters. The Morgan fingerprint density at radius 3 is 2.00 bits per heavy atom. The van der Waals surface area contributed by atoms with Crippen LogP contribution in [0.5, 0.6) is 0 Å². The average Bonchev–Trinajstić information content (AvgIpc) is 2.34. The number of hydrogen-bond acceptors (Lipinski definition) is 5. The lowest BCUT2D eigenvalue weighted by molar-refractivity contribution is -0.198. The summed E-state index contributed by atoms with van der Waals surface area (Å²) in [7, 11) is -2.62. The molecule has 20 heavy (non-hydrogen) atoms. The maximum Gasteiger partial charge on any atom is 0.321 e. The second kappa shape index (κ2) is 14.6. The summed E-state index contributed by atoms with van der Waals surface area (Å²) in [4.78, 5) is 0. The number of aliphatic hydroxyl groups excluding tert-OH is 1. The Hall–Kier alpha value is 0.650. The van der Waals surface area contributed by atoms with Gasteiger partial charge in [0.25, 0.3) is 0 Å². The molecule has 0 fully saturated rings. The van der Waals surface area contributed by atoms with Crippen molar-refractivity contribution in [1.82, 2.24) is 0 Å². The average molecular weight is 353 g/mol. The monoisotopic (exact) mass is 352 g/mol. The van der Waals surface area contributed by atoms with Crippen molar-refractivity contribution in [3.63, 3.8) is 0 Å². The highest BCUT2D eigenvalue weighted by atomic mass is 35.5. The van der Waals surface area contributed by atoms with Gasteiger partial charge in [-0.2, -0.15) is 0 Å². The highest BCUT2D eigenvalue weighted by Gasteiger charge is 2.15. The highest BCUT2D eigenvalue weighted by Crippen LogP contribution is 2.28. The maximum atomic E-state index is 11.3. The number of ether oxygens (including phenoxy) is 1. The molecule has 0 aromatic rings. The van der Waals surface area contributed by atoms with Gasteiger partial charge in [0.2, 0.25) is 0 Å². The predicted octanol–water partition coefficient (Wildman–Crippen LogP) is 4.15. The molecule has 0 heterocycles. The lowest BCUT2D eigenvalue weighted by Crippen LogP contribution is -2.21. The molecule has 0 aromatic heterocycles. The summed E-state index contributed by atoms with van der Waals surface area (Å²) < 4.78 is 26.3. The molecule has 0 aromatic carbocycles. The third-order valence-corrected chi connectivity index (χ3v) is 2.63. The van der Waals surface area contributed by atoms with Crippen LogP contribution in [0.3, 0.4) is 0 Å². The highest BCUT2D eigenvalue weighted by molar-refractivity contribution is 7.33. The van der Waals surface area contributed by atoms with Crippen LogP contribution in [-0.4, -0.2) is 35.0 Å². The van der Waals surface area contributed by atoms with E-state index in [-0.39, 0.29) is 12.0 Å². The first-order chi connectivity index (χ1) is 9.22. The van der Waals surface area contributed by atoms with Gasteiger partial charge in [-0.05, 0) is 33.6 Å². The van der Waals surface area contributed by atoms with Gasteiger partial charge in [-0.1, -0.05) is 13.8 Å². The largest absolute Gasteiger partial charge is 0.368 e. The van der Waals surface area contributed by atoms with Crippen LogP contribution in [0.1, 0.15) is 47.5 Å². The second-order valence-electron chi connectivity index (χ2n) is 4.31. The second-order valence-corrected chi connectivity index (χ2v) is 6.95. The Morgan fingerprint density at radius 2 is 1.65 bits per heavy atom. The van der Waals surface area contributed by atoms with Crippen LogP contribution in [-0.2, 0) is 18.3 Å². The number of hydrogen-bond donors (Lipinski definition) is 1. The van der Waals surface area contributed by atoms with E-state index in [9.17, 15) is 9.67 Å². The quantitative estimate of drug-likeness (QED) is 0.383. The van der Waals surface area contributed by atoms with E-state index < -0.39 is 20.8 Å². The van der Waals surface area contributed by atoms with Crippen LogP contribution >= 0.6 is 31.5 Å². The molecular weight excluding hydrogens is 326 g/mol. The van der Waals surface area contributed by atoms with Crippen LogP contribution in [0.25, 0.3) is 0 Å². The summed E-state index contributed by atoms with van der Waals surface area (Å²) in [5.74, 6) is 0. The Labute approximate surface area is 132 Å². The van der Waals surface area contributed by atoms with Gasteiger partial charge in [-0.15, -0.1) is 23.2 Å². The standard InChI is InChI=1S/C9H20ClO5P.C3H7Cl/c1-4-8(11)14-9(5-2)15-16(12)13-6-7(3)10;1-3(2)4/h7-9,11,16H,4-6H2,1-3H3;3H,1-2H3. The van der Waals surface area contributed by atoms with Gasteiger partial charge in [-0.3, -0.25) is 9.09 Å². The molecule has 4 atom stereocenters. The lowest BCUT2D eigenvalue weighted by atomic mass is 10.4. The minimum atomic E-state index is -2.62. The van der Waals surface area contributed by atoms with Crippen LogP contribution < -0.4 is 0 Å². The first kappa shape index (κ1) is 22.9. The molecule has 0 aliphatic carbocycles. The molecule has 0 rings (SSSR count). The predicted molar refractivity (Wildman–Crippen MR) is 83.8 cm³/mol. The Bertz CT molecular complexity index is 239. The third-order valence-electron chi connectivity index (χ3n) is 1.65. The van der Waals surface area contributed by atoms with E-state index in [1.54, 1.807) is 20.8 Å². The van der Waals surface area contributed by atoms with Crippen molar-refractivity contribution in [2.24, 2.45) is 0 Å². The molecule has 0 aliphatic heterocycles. The minimum absolute atomic E-state index is 0.159. The topological polar surface area (TPSA) is 65.0 Å². The molecule has 0 saturated carbocycles.